The molecular formula is C25H34ClF2N3O4. The van der Waals surface area contributed by atoms with Gasteiger partial charge in [-0.05, 0) is 62.1 Å². The van der Waals surface area contributed by atoms with E-state index in [-0.39, 0.29) is 34.6 Å². The number of alkyl halides is 2. The summed E-state index contributed by atoms with van der Waals surface area (Å²) in [6.07, 6.45) is 1.26. The summed E-state index contributed by atoms with van der Waals surface area (Å²) in [4.78, 5) is 13.0. The summed E-state index contributed by atoms with van der Waals surface area (Å²) in [6.45, 7) is 4.98. The fourth-order valence-corrected chi connectivity index (χ4v) is 4.85. The van der Waals surface area contributed by atoms with Crippen molar-refractivity contribution in [2.45, 2.75) is 78.2 Å². The molecule has 3 atom stereocenters. The molecule has 10 heteroatoms. The molecule has 3 rings (SSSR count). The average molecular weight is 514 g/mol. The third-order valence-corrected chi connectivity index (χ3v) is 6.80. The summed E-state index contributed by atoms with van der Waals surface area (Å²) in [5.74, 6) is -0.0679. The zero-order valence-corrected chi connectivity index (χ0v) is 21.3. The first-order chi connectivity index (χ1) is 16.4. The number of rotatable bonds is 9. The van der Waals surface area contributed by atoms with E-state index in [1.165, 1.54) is 4.68 Å². The van der Waals surface area contributed by atoms with Crippen molar-refractivity contribution in [1.82, 2.24) is 15.1 Å². The maximum absolute atomic E-state index is 13.2. The smallest absolute Gasteiger partial charge is 0.387 e. The number of hydrogen-bond donors (Lipinski definition) is 3. The Morgan fingerprint density at radius 1 is 1.40 bits per heavy atom. The number of hydrogen-bond acceptors (Lipinski definition) is 5. The van der Waals surface area contributed by atoms with E-state index in [1.54, 1.807) is 19.1 Å². The minimum Gasteiger partial charge on any atom is -0.434 e. The molecule has 1 amide bonds. The standard InChI is InChI=1S/C25H34ClF2N3O4/c1-5-31-22(17-7-6-16(10-14(2)3)12-18(17)35-24(27)28)20(26)21(30-31)23(33)29-13-25(34)9-8-15(4)11-19(25)32/h6-7,12,14-15,19,24,32,34H,5,8-11,13H2,1-4H3,(H,29,33)/t15-,19-,25-/m1/s1. The Balaban J connectivity index is 1.91. The quantitative estimate of drug-likeness (QED) is 0.453. The minimum absolute atomic E-state index is 0.00937. The van der Waals surface area contributed by atoms with E-state index in [1.807, 2.05) is 26.8 Å². The number of nitrogens with zero attached hydrogens (tertiary/aromatic N) is 2. The summed E-state index contributed by atoms with van der Waals surface area (Å²) in [5.41, 5.74) is -0.109. The fourth-order valence-electron chi connectivity index (χ4n) is 4.53. The van der Waals surface area contributed by atoms with Gasteiger partial charge < -0.3 is 20.3 Å². The van der Waals surface area contributed by atoms with Gasteiger partial charge in [0.25, 0.3) is 5.91 Å². The lowest BCUT2D eigenvalue weighted by atomic mass is 9.77. The number of carbonyl (C=O) groups excluding carboxylic acids is 1. The summed E-state index contributed by atoms with van der Waals surface area (Å²) in [5, 5.41) is 28.1. The molecular weight excluding hydrogens is 480 g/mol. The Labute approximate surface area is 209 Å². The van der Waals surface area contributed by atoms with Gasteiger partial charge in [0.15, 0.2) is 5.69 Å². The van der Waals surface area contributed by atoms with Gasteiger partial charge in [-0.3, -0.25) is 9.48 Å². The van der Waals surface area contributed by atoms with Gasteiger partial charge in [0.1, 0.15) is 11.4 Å². The number of halogens is 3. The van der Waals surface area contributed by atoms with E-state index >= 15 is 0 Å². The van der Waals surface area contributed by atoms with Crippen molar-refractivity contribution in [2.24, 2.45) is 11.8 Å². The molecule has 1 aromatic heterocycles. The lowest BCUT2D eigenvalue weighted by Gasteiger charge is -2.39. The van der Waals surface area contributed by atoms with Crippen LogP contribution in [0.15, 0.2) is 18.2 Å². The summed E-state index contributed by atoms with van der Waals surface area (Å²) in [7, 11) is 0. The lowest BCUT2D eigenvalue weighted by molar-refractivity contribution is -0.106. The summed E-state index contributed by atoms with van der Waals surface area (Å²) < 4.78 is 32.7. The van der Waals surface area contributed by atoms with Crippen LogP contribution >= 0.6 is 11.6 Å². The number of carbonyl (C=O) groups is 1. The largest absolute Gasteiger partial charge is 0.434 e. The molecule has 7 nitrogen and oxygen atoms in total. The van der Waals surface area contributed by atoms with Crippen LogP contribution in [0, 0.1) is 11.8 Å². The molecule has 1 heterocycles. The van der Waals surface area contributed by atoms with Crippen LogP contribution in [0.4, 0.5) is 8.78 Å². The number of aryl methyl sites for hydroxylation is 1. The van der Waals surface area contributed by atoms with Crippen LogP contribution in [-0.2, 0) is 13.0 Å². The normalized spacial score (nSPS) is 22.6. The number of aliphatic hydroxyl groups excluding tert-OH is 1. The second-order valence-electron chi connectivity index (χ2n) is 9.82. The Morgan fingerprint density at radius 2 is 2.11 bits per heavy atom. The zero-order chi connectivity index (χ0) is 25.9. The van der Waals surface area contributed by atoms with Crippen LogP contribution in [0.25, 0.3) is 11.3 Å². The van der Waals surface area contributed by atoms with E-state index in [4.69, 9.17) is 16.3 Å². The first-order valence-corrected chi connectivity index (χ1v) is 12.4. The van der Waals surface area contributed by atoms with Crippen LogP contribution in [0.3, 0.4) is 0 Å². The van der Waals surface area contributed by atoms with Gasteiger partial charge in [0, 0.05) is 18.7 Å². The molecule has 1 fully saturated rings. The second-order valence-corrected chi connectivity index (χ2v) is 10.2. The van der Waals surface area contributed by atoms with Crippen molar-refractivity contribution in [2.75, 3.05) is 6.54 Å². The Morgan fingerprint density at radius 3 is 2.71 bits per heavy atom. The molecule has 0 saturated heterocycles. The van der Waals surface area contributed by atoms with Crippen molar-refractivity contribution in [3.63, 3.8) is 0 Å². The number of ether oxygens (including phenoxy) is 1. The molecule has 35 heavy (non-hydrogen) atoms. The summed E-state index contributed by atoms with van der Waals surface area (Å²) in [6, 6.07) is 5.03. The zero-order valence-electron chi connectivity index (χ0n) is 20.5. The number of benzene rings is 1. The molecule has 0 spiro atoms. The molecule has 1 aromatic carbocycles. The van der Waals surface area contributed by atoms with Gasteiger partial charge in [0.2, 0.25) is 0 Å². The minimum atomic E-state index is -3.03. The van der Waals surface area contributed by atoms with E-state index in [9.17, 15) is 23.8 Å². The second kappa shape index (κ2) is 11.2. The number of amides is 1. The third-order valence-electron chi connectivity index (χ3n) is 6.44. The van der Waals surface area contributed by atoms with Crippen molar-refractivity contribution < 1.29 is 28.5 Å². The van der Waals surface area contributed by atoms with Crippen molar-refractivity contribution >= 4 is 17.5 Å². The van der Waals surface area contributed by atoms with E-state index in [0.29, 0.717) is 37.3 Å². The molecule has 0 aliphatic heterocycles. The number of nitrogens with one attached hydrogen (secondary N) is 1. The van der Waals surface area contributed by atoms with Crippen molar-refractivity contribution in [3.05, 3.63) is 34.5 Å². The molecule has 1 saturated carbocycles. The highest BCUT2D eigenvalue weighted by Gasteiger charge is 2.40. The SMILES string of the molecule is CCn1nc(C(=O)NC[C@]2(O)CC[C@@H](C)C[C@H]2O)c(Cl)c1-c1ccc(CC(C)C)cc1OC(F)F. The van der Waals surface area contributed by atoms with Gasteiger partial charge >= 0.3 is 6.61 Å². The Kier molecular flexibility index (Phi) is 8.77. The van der Waals surface area contributed by atoms with Crippen LogP contribution in [0.5, 0.6) is 5.75 Å². The number of aliphatic hydroxyl groups is 2. The number of aromatic nitrogens is 2. The fraction of sp³-hybridized carbons (Fsp3) is 0.600. The molecule has 0 radical (unpaired) electrons. The predicted octanol–water partition coefficient (Wildman–Crippen LogP) is 4.67. The van der Waals surface area contributed by atoms with E-state index in [0.717, 1.165) is 12.0 Å². The first kappa shape index (κ1) is 27.4. The molecule has 0 bridgehead atoms. The molecule has 0 unspecified atom stereocenters. The Bertz CT molecular complexity index is 1050. The first-order valence-electron chi connectivity index (χ1n) is 12.0. The maximum Gasteiger partial charge on any atom is 0.387 e. The van der Waals surface area contributed by atoms with Crippen LogP contribution in [0.1, 0.15) is 63.0 Å². The highest BCUT2D eigenvalue weighted by atomic mass is 35.5. The van der Waals surface area contributed by atoms with Crippen LogP contribution in [-0.4, -0.2) is 50.8 Å². The monoisotopic (exact) mass is 513 g/mol. The average Bonchev–Trinajstić information content (AvgIpc) is 3.11. The van der Waals surface area contributed by atoms with Crippen LogP contribution in [0.2, 0.25) is 5.02 Å². The highest BCUT2D eigenvalue weighted by molar-refractivity contribution is 6.36. The van der Waals surface area contributed by atoms with Gasteiger partial charge in [0.05, 0.1) is 16.8 Å². The Hall–Kier alpha value is -2.23. The van der Waals surface area contributed by atoms with E-state index in [2.05, 4.69) is 10.4 Å². The van der Waals surface area contributed by atoms with Gasteiger partial charge in [-0.2, -0.15) is 13.9 Å². The summed E-state index contributed by atoms with van der Waals surface area (Å²) >= 11 is 6.58. The molecule has 1 aliphatic carbocycles. The van der Waals surface area contributed by atoms with Gasteiger partial charge in [-0.1, -0.05) is 38.4 Å². The van der Waals surface area contributed by atoms with Crippen LogP contribution < -0.4 is 10.1 Å². The topological polar surface area (TPSA) is 96.6 Å². The molecule has 1 aliphatic rings. The predicted molar refractivity (Wildman–Crippen MR) is 130 cm³/mol. The molecule has 194 valence electrons. The maximum atomic E-state index is 13.2. The van der Waals surface area contributed by atoms with E-state index < -0.39 is 24.2 Å². The molecule has 2 aromatic rings. The van der Waals surface area contributed by atoms with Crippen molar-refractivity contribution in [3.8, 4) is 17.0 Å². The lowest BCUT2D eigenvalue weighted by Crippen LogP contribution is -2.54. The van der Waals surface area contributed by atoms with Gasteiger partial charge in [-0.15, -0.1) is 0 Å². The highest BCUT2D eigenvalue weighted by Crippen LogP contribution is 2.39. The van der Waals surface area contributed by atoms with Crippen molar-refractivity contribution in [1.29, 1.82) is 0 Å². The third kappa shape index (κ3) is 6.32. The van der Waals surface area contributed by atoms with Gasteiger partial charge in [-0.25, -0.2) is 0 Å². The molecule has 3 N–H and O–H groups in total.